The van der Waals surface area contributed by atoms with Gasteiger partial charge in [-0.05, 0) is 46.8 Å². The number of sulfonamides is 1. The van der Waals surface area contributed by atoms with E-state index in [1.54, 1.807) is 0 Å². The van der Waals surface area contributed by atoms with Crippen molar-refractivity contribution in [3.8, 4) is 0 Å². The molecule has 0 bridgehead atoms. The summed E-state index contributed by atoms with van der Waals surface area (Å²) in [4.78, 5) is 11.5. The Kier molecular flexibility index (Phi) is 4.69. The van der Waals surface area contributed by atoms with Crippen LogP contribution in [-0.2, 0) is 10.0 Å². The van der Waals surface area contributed by atoms with Gasteiger partial charge in [-0.1, -0.05) is 13.3 Å². The Hall–Kier alpha value is -0.990. The van der Waals surface area contributed by atoms with Gasteiger partial charge in [-0.2, -0.15) is 0 Å². The Labute approximate surface area is 131 Å². The van der Waals surface area contributed by atoms with Gasteiger partial charge in [0, 0.05) is 10.5 Å². The highest BCUT2D eigenvalue weighted by Gasteiger charge is 2.37. The van der Waals surface area contributed by atoms with Crippen molar-refractivity contribution in [1.29, 1.82) is 0 Å². The predicted molar refractivity (Wildman–Crippen MR) is 79.7 cm³/mol. The molecule has 0 aromatic heterocycles. The molecule has 0 aliphatic heterocycles. The molecule has 2 rings (SSSR count). The van der Waals surface area contributed by atoms with Crippen LogP contribution in [0.25, 0.3) is 0 Å². The van der Waals surface area contributed by atoms with Crippen molar-refractivity contribution in [3.63, 3.8) is 0 Å². The molecule has 0 saturated heterocycles. The third-order valence-corrected chi connectivity index (χ3v) is 5.05. The van der Waals surface area contributed by atoms with Gasteiger partial charge in [0.2, 0.25) is 10.0 Å². The smallest absolute Gasteiger partial charge is 0.252 e. The molecular weight excluding hydrogens is 363 g/mol. The number of nitrogens with one attached hydrogen (secondary N) is 1. The maximum absolute atomic E-state index is 13.6. The van der Waals surface area contributed by atoms with E-state index in [1.807, 2.05) is 0 Å². The van der Waals surface area contributed by atoms with E-state index >= 15 is 0 Å². The van der Waals surface area contributed by atoms with E-state index < -0.39 is 26.6 Å². The Balaban J connectivity index is 2.22. The Morgan fingerprint density at radius 2 is 2.19 bits per heavy atom. The second kappa shape index (κ2) is 6.02. The number of hydrogen-bond donors (Lipinski definition) is 2. The van der Waals surface area contributed by atoms with E-state index in [0.717, 1.165) is 31.4 Å². The standard InChI is InChI=1S/C13H16BrFN2O3S/c1-2-3-7-4-11(7)17-13(18)8-5-12(21(16,19)20)10(15)6-9(8)14/h5-7,11H,2-4H2,1H3,(H,17,18)(H2,16,19,20). The fourth-order valence-electron chi connectivity index (χ4n) is 2.28. The molecule has 1 aliphatic rings. The van der Waals surface area contributed by atoms with E-state index in [2.05, 4.69) is 28.2 Å². The van der Waals surface area contributed by atoms with E-state index in [9.17, 15) is 17.6 Å². The molecule has 3 N–H and O–H groups in total. The van der Waals surface area contributed by atoms with Crippen LogP contribution in [0.4, 0.5) is 4.39 Å². The van der Waals surface area contributed by atoms with E-state index in [1.165, 1.54) is 0 Å². The van der Waals surface area contributed by atoms with Crippen molar-refractivity contribution in [2.75, 3.05) is 0 Å². The van der Waals surface area contributed by atoms with Crippen LogP contribution in [0.3, 0.4) is 0 Å². The monoisotopic (exact) mass is 378 g/mol. The SMILES string of the molecule is CCCC1CC1NC(=O)c1cc(S(N)(=O)=O)c(F)cc1Br. The third kappa shape index (κ3) is 3.81. The lowest BCUT2D eigenvalue weighted by atomic mass is 10.2. The molecule has 0 heterocycles. The van der Waals surface area contributed by atoms with Crippen LogP contribution >= 0.6 is 15.9 Å². The summed E-state index contributed by atoms with van der Waals surface area (Å²) in [5.41, 5.74) is 0.0579. The Morgan fingerprint density at radius 1 is 1.52 bits per heavy atom. The van der Waals surface area contributed by atoms with Crippen LogP contribution in [0.5, 0.6) is 0 Å². The second-order valence-electron chi connectivity index (χ2n) is 5.17. The molecule has 116 valence electrons. The normalized spacial score (nSPS) is 21.1. The number of benzene rings is 1. The van der Waals surface area contributed by atoms with Gasteiger partial charge in [0.05, 0.1) is 5.56 Å². The van der Waals surface area contributed by atoms with Crippen molar-refractivity contribution in [1.82, 2.24) is 5.32 Å². The molecule has 2 atom stereocenters. The zero-order valence-corrected chi connectivity index (χ0v) is 13.8. The highest BCUT2D eigenvalue weighted by atomic mass is 79.9. The maximum Gasteiger partial charge on any atom is 0.252 e. The van der Waals surface area contributed by atoms with Gasteiger partial charge < -0.3 is 5.32 Å². The number of rotatable bonds is 5. The van der Waals surface area contributed by atoms with Crippen molar-refractivity contribution in [3.05, 3.63) is 28.0 Å². The average molecular weight is 379 g/mol. The van der Waals surface area contributed by atoms with Crippen LogP contribution in [0.15, 0.2) is 21.5 Å². The minimum Gasteiger partial charge on any atom is -0.349 e. The van der Waals surface area contributed by atoms with Gasteiger partial charge in [0.1, 0.15) is 10.7 Å². The van der Waals surface area contributed by atoms with Crippen LogP contribution in [0.2, 0.25) is 0 Å². The highest BCUT2D eigenvalue weighted by molar-refractivity contribution is 9.10. The fraction of sp³-hybridized carbons (Fsp3) is 0.462. The van der Waals surface area contributed by atoms with Crippen LogP contribution in [-0.4, -0.2) is 20.4 Å². The van der Waals surface area contributed by atoms with Gasteiger partial charge >= 0.3 is 0 Å². The summed E-state index contributed by atoms with van der Waals surface area (Å²) < 4.78 is 36.4. The summed E-state index contributed by atoms with van der Waals surface area (Å²) in [6, 6.07) is 2.00. The Bertz CT molecular complexity index is 678. The first-order valence-electron chi connectivity index (χ1n) is 6.56. The van der Waals surface area contributed by atoms with Gasteiger partial charge in [0.15, 0.2) is 0 Å². The number of hydrogen-bond acceptors (Lipinski definition) is 3. The van der Waals surface area contributed by atoms with Crippen LogP contribution in [0.1, 0.15) is 36.5 Å². The van der Waals surface area contributed by atoms with Crippen LogP contribution < -0.4 is 10.5 Å². The number of carbonyl (C=O) groups is 1. The maximum atomic E-state index is 13.6. The molecule has 1 saturated carbocycles. The summed E-state index contributed by atoms with van der Waals surface area (Å²) >= 11 is 3.07. The van der Waals surface area contributed by atoms with E-state index in [4.69, 9.17) is 5.14 Å². The number of carbonyl (C=O) groups excluding carboxylic acids is 1. The molecule has 1 aliphatic carbocycles. The van der Waals surface area contributed by atoms with Crippen molar-refractivity contribution < 1.29 is 17.6 Å². The van der Waals surface area contributed by atoms with Crippen molar-refractivity contribution >= 4 is 31.9 Å². The third-order valence-electron chi connectivity index (χ3n) is 3.47. The molecule has 0 radical (unpaired) electrons. The fourth-order valence-corrected chi connectivity index (χ4v) is 3.39. The van der Waals surface area contributed by atoms with Gasteiger partial charge in [-0.25, -0.2) is 17.9 Å². The lowest BCUT2D eigenvalue weighted by Crippen LogP contribution is -2.28. The zero-order chi connectivity index (χ0) is 15.8. The Morgan fingerprint density at radius 3 is 2.76 bits per heavy atom. The molecule has 0 spiro atoms. The highest BCUT2D eigenvalue weighted by Crippen LogP contribution is 2.35. The average Bonchev–Trinajstić information content (AvgIpc) is 3.05. The lowest BCUT2D eigenvalue weighted by Gasteiger charge is -2.09. The van der Waals surface area contributed by atoms with Gasteiger partial charge in [0.25, 0.3) is 5.91 Å². The second-order valence-corrected chi connectivity index (χ2v) is 7.56. The van der Waals surface area contributed by atoms with E-state index in [0.29, 0.717) is 5.92 Å². The number of primary sulfonamides is 1. The summed E-state index contributed by atoms with van der Waals surface area (Å²) in [6.45, 7) is 2.08. The first kappa shape index (κ1) is 16.4. The summed E-state index contributed by atoms with van der Waals surface area (Å²) in [6.07, 6.45) is 3.01. The summed E-state index contributed by atoms with van der Waals surface area (Å²) in [5.74, 6) is -0.956. The zero-order valence-electron chi connectivity index (χ0n) is 11.4. The molecule has 1 amide bonds. The van der Waals surface area contributed by atoms with E-state index in [-0.39, 0.29) is 16.1 Å². The first-order valence-corrected chi connectivity index (χ1v) is 8.90. The molecule has 1 aromatic carbocycles. The quantitative estimate of drug-likeness (QED) is 0.822. The number of amides is 1. The lowest BCUT2D eigenvalue weighted by molar-refractivity contribution is 0.0947. The van der Waals surface area contributed by atoms with Gasteiger partial charge in [-0.3, -0.25) is 4.79 Å². The minimum atomic E-state index is -4.21. The molecule has 8 heteroatoms. The first-order chi connectivity index (χ1) is 9.74. The summed E-state index contributed by atoms with van der Waals surface area (Å²) in [5, 5.41) is 7.75. The molecule has 1 aromatic rings. The molecule has 1 fully saturated rings. The predicted octanol–water partition coefficient (Wildman–Crippen LogP) is 2.15. The molecule has 5 nitrogen and oxygen atoms in total. The molecular formula is C13H16BrFN2O3S. The van der Waals surface area contributed by atoms with Crippen molar-refractivity contribution in [2.24, 2.45) is 11.1 Å². The molecule has 2 unspecified atom stereocenters. The van der Waals surface area contributed by atoms with Gasteiger partial charge in [-0.15, -0.1) is 0 Å². The topological polar surface area (TPSA) is 89.3 Å². The number of nitrogens with two attached hydrogens (primary N) is 1. The largest absolute Gasteiger partial charge is 0.349 e. The summed E-state index contributed by atoms with van der Waals surface area (Å²) in [7, 11) is -4.21. The minimum absolute atomic E-state index is 0.0579. The van der Waals surface area contributed by atoms with Crippen molar-refractivity contribution in [2.45, 2.75) is 37.1 Å². The van der Waals surface area contributed by atoms with Crippen LogP contribution in [0, 0.1) is 11.7 Å². The number of halogens is 2. The molecule has 21 heavy (non-hydrogen) atoms.